The maximum atomic E-state index is 8.50. The lowest BCUT2D eigenvalue weighted by Crippen LogP contribution is -2.01. The first-order chi connectivity index (χ1) is 4.88. The molecule has 1 rings (SSSR count). The van der Waals surface area contributed by atoms with Crippen LogP contribution < -0.4 is 5.73 Å². The SMILES string of the molecule is Cl.Cl.N#Cc1cccnc1CN. The van der Waals surface area contributed by atoms with Gasteiger partial charge in [0, 0.05) is 12.7 Å². The van der Waals surface area contributed by atoms with Crippen molar-refractivity contribution in [3.63, 3.8) is 0 Å². The van der Waals surface area contributed by atoms with Crippen LogP contribution in [-0.4, -0.2) is 4.98 Å². The third-order valence-corrected chi connectivity index (χ3v) is 1.20. The number of nitrogens with two attached hydrogens (primary N) is 1. The summed E-state index contributed by atoms with van der Waals surface area (Å²) >= 11 is 0. The van der Waals surface area contributed by atoms with E-state index in [0.717, 1.165) is 0 Å². The highest BCUT2D eigenvalue weighted by Crippen LogP contribution is 2.00. The predicted octanol–water partition coefficient (Wildman–Crippen LogP) is 1.26. The average molecular weight is 206 g/mol. The molecule has 0 bridgehead atoms. The van der Waals surface area contributed by atoms with Crippen molar-refractivity contribution in [2.75, 3.05) is 0 Å². The molecule has 0 aliphatic heterocycles. The summed E-state index contributed by atoms with van der Waals surface area (Å²) in [5.41, 5.74) is 6.53. The van der Waals surface area contributed by atoms with E-state index in [-0.39, 0.29) is 24.8 Å². The van der Waals surface area contributed by atoms with Gasteiger partial charge in [-0.2, -0.15) is 5.26 Å². The summed E-state index contributed by atoms with van der Waals surface area (Å²) in [5, 5.41) is 8.50. The number of rotatable bonds is 1. The first kappa shape index (κ1) is 13.7. The van der Waals surface area contributed by atoms with Crippen LogP contribution in [-0.2, 0) is 6.54 Å². The fraction of sp³-hybridized carbons (Fsp3) is 0.143. The van der Waals surface area contributed by atoms with Gasteiger partial charge in [-0.3, -0.25) is 4.98 Å². The van der Waals surface area contributed by atoms with Gasteiger partial charge in [0.05, 0.1) is 11.3 Å². The number of halogens is 2. The van der Waals surface area contributed by atoms with Crippen molar-refractivity contribution in [2.45, 2.75) is 6.54 Å². The van der Waals surface area contributed by atoms with Crippen molar-refractivity contribution < 1.29 is 0 Å². The van der Waals surface area contributed by atoms with Crippen molar-refractivity contribution >= 4 is 24.8 Å². The molecule has 0 radical (unpaired) electrons. The van der Waals surface area contributed by atoms with E-state index in [4.69, 9.17) is 11.0 Å². The molecule has 0 unspecified atom stereocenters. The molecule has 0 atom stereocenters. The molecule has 1 heterocycles. The summed E-state index contributed by atoms with van der Waals surface area (Å²) in [6.07, 6.45) is 1.63. The average Bonchev–Trinajstić information content (AvgIpc) is 2.04. The molecule has 2 N–H and O–H groups in total. The highest BCUT2D eigenvalue weighted by molar-refractivity contribution is 5.85. The molecule has 5 heteroatoms. The van der Waals surface area contributed by atoms with Crippen molar-refractivity contribution in [3.8, 4) is 6.07 Å². The Labute approximate surface area is 83.4 Å². The second-order valence-corrected chi connectivity index (χ2v) is 1.81. The molecular weight excluding hydrogens is 197 g/mol. The van der Waals surface area contributed by atoms with Gasteiger partial charge >= 0.3 is 0 Å². The maximum absolute atomic E-state index is 8.50. The van der Waals surface area contributed by atoms with Gasteiger partial charge in [-0.25, -0.2) is 0 Å². The van der Waals surface area contributed by atoms with Gasteiger partial charge in [0.15, 0.2) is 0 Å². The maximum Gasteiger partial charge on any atom is 0.101 e. The Kier molecular flexibility index (Phi) is 7.86. The minimum Gasteiger partial charge on any atom is -0.325 e. The van der Waals surface area contributed by atoms with Crippen LogP contribution in [0.2, 0.25) is 0 Å². The molecule has 0 aliphatic carbocycles. The second-order valence-electron chi connectivity index (χ2n) is 1.81. The molecule has 1 aromatic rings. The van der Waals surface area contributed by atoms with Gasteiger partial charge < -0.3 is 5.73 Å². The molecule has 0 saturated heterocycles. The normalized spacial score (nSPS) is 7.33. The lowest BCUT2D eigenvalue weighted by atomic mass is 10.2. The summed E-state index contributed by atoms with van der Waals surface area (Å²) in [6.45, 7) is 0.323. The zero-order chi connectivity index (χ0) is 7.40. The van der Waals surface area contributed by atoms with E-state index in [1.54, 1.807) is 18.3 Å². The van der Waals surface area contributed by atoms with Crippen molar-refractivity contribution in [1.29, 1.82) is 5.26 Å². The minimum atomic E-state index is 0. The zero-order valence-electron chi connectivity index (χ0n) is 6.23. The Bertz CT molecular complexity index is 270. The van der Waals surface area contributed by atoms with Crippen molar-refractivity contribution in [3.05, 3.63) is 29.6 Å². The third kappa shape index (κ3) is 3.05. The highest BCUT2D eigenvalue weighted by Gasteiger charge is 1.96. The number of hydrogen-bond acceptors (Lipinski definition) is 3. The van der Waals surface area contributed by atoms with E-state index in [9.17, 15) is 0 Å². The molecule has 0 fully saturated rings. The van der Waals surface area contributed by atoms with Crippen LogP contribution in [0.15, 0.2) is 18.3 Å². The Morgan fingerprint density at radius 1 is 1.50 bits per heavy atom. The molecule has 0 aromatic carbocycles. The van der Waals surface area contributed by atoms with Gasteiger partial charge in [-0.1, -0.05) is 0 Å². The zero-order valence-corrected chi connectivity index (χ0v) is 7.86. The summed E-state index contributed by atoms with van der Waals surface area (Å²) in [7, 11) is 0. The van der Waals surface area contributed by atoms with E-state index in [2.05, 4.69) is 4.98 Å². The molecular formula is C7H9Cl2N3. The molecule has 0 spiro atoms. The fourth-order valence-corrected chi connectivity index (χ4v) is 0.702. The molecule has 12 heavy (non-hydrogen) atoms. The topological polar surface area (TPSA) is 62.7 Å². The highest BCUT2D eigenvalue weighted by atomic mass is 35.5. The Morgan fingerprint density at radius 3 is 2.58 bits per heavy atom. The smallest absolute Gasteiger partial charge is 0.101 e. The fourth-order valence-electron chi connectivity index (χ4n) is 0.702. The molecule has 3 nitrogen and oxygen atoms in total. The van der Waals surface area contributed by atoms with Gasteiger partial charge in [0.1, 0.15) is 6.07 Å². The lowest BCUT2D eigenvalue weighted by Gasteiger charge is -1.95. The number of aromatic nitrogens is 1. The van der Waals surface area contributed by atoms with Gasteiger partial charge in [-0.05, 0) is 12.1 Å². The molecule has 1 aromatic heterocycles. The summed E-state index contributed by atoms with van der Waals surface area (Å²) in [4.78, 5) is 3.92. The summed E-state index contributed by atoms with van der Waals surface area (Å²) in [6, 6.07) is 5.43. The van der Waals surface area contributed by atoms with Gasteiger partial charge in [0.25, 0.3) is 0 Å². The van der Waals surface area contributed by atoms with Crippen LogP contribution in [0.3, 0.4) is 0 Å². The second kappa shape index (κ2) is 6.86. The van der Waals surface area contributed by atoms with Crippen LogP contribution in [0, 0.1) is 11.3 Å². The van der Waals surface area contributed by atoms with E-state index in [1.165, 1.54) is 0 Å². The summed E-state index contributed by atoms with van der Waals surface area (Å²) < 4.78 is 0. The van der Waals surface area contributed by atoms with Gasteiger partial charge in [-0.15, -0.1) is 24.8 Å². The Hall–Kier alpha value is -0.820. The third-order valence-electron chi connectivity index (χ3n) is 1.20. The molecule has 0 saturated carbocycles. The number of hydrogen-bond donors (Lipinski definition) is 1. The first-order valence-electron chi connectivity index (χ1n) is 2.92. The molecule has 0 aliphatic rings. The monoisotopic (exact) mass is 205 g/mol. The largest absolute Gasteiger partial charge is 0.325 e. The molecule has 66 valence electrons. The Balaban J connectivity index is 0. The van der Waals surface area contributed by atoms with Crippen LogP contribution in [0.4, 0.5) is 0 Å². The van der Waals surface area contributed by atoms with E-state index >= 15 is 0 Å². The number of nitriles is 1. The quantitative estimate of drug-likeness (QED) is 0.752. The predicted molar refractivity (Wildman–Crippen MR) is 51.3 cm³/mol. The van der Waals surface area contributed by atoms with Crippen LogP contribution in [0.1, 0.15) is 11.3 Å². The first-order valence-corrected chi connectivity index (χ1v) is 2.92. The number of pyridine rings is 1. The molecule has 0 amide bonds. The minimum absolute atomic E-state index is 0. The van der Waals surface area contributed by atoms with Crippen molar-refractivity contribution in [1.82, 2.24) is 4.98 Å². The van der Waals surface area contributed by atoms with Gasteiger partial charge in [0.2, 0.25) is 0 Å². The summed E-state index contributed by atoms with van der Waals surface area (Å²) in [5.74, 6) is 0. The van der Waals surface area contributed by atoms with Crippen molar-refractivity contribution in [2.24, 2.45) is 5.73 Å². The lowest BCUT2D eigenvalue weighted by molar-refractivity contribution is 0.981. The van der Waals surface area contributed by atoms with Crippen LogP contribution >= 0.6 is 24.8 Å². The van der Waals surface area contributed by atoms with Crippen LogP contribution in [0.5, 0.6) is 0 Å². The van der Waals surface area contributed by atoms with E-state index < -0.39 is 0 Å². The van der Waals surface area contributed by atoms with E-state index in [0.29, 0.717) is 17.8 Å². The number of nitrogens with zero attached hydrogens (tertiary/aromatic N) is 2. The van der Waals surface area contributed by atoms with Crippen LogP contribution in [0.25, 0.3) is 0 Å². The van der Waals surface area contributed by atoms with E-state index in [1.807, 2.05) is 6.07 Å². The Morgan fingerprint density at radius 2 is 2.17 bits per heavy atom. The standard InChI is InChI=1S/C7H7N3.2ClH/c8-4-6-2-1-3-10-7(6)5-9;;/h1-3H,5,9H2;2*1H.